The molecule has 0 amide bonds. The Bertz CT molecular complexity index is 170. The number of aldehydes is 1. The maximum absolute atomic E-state index is 10.4. The van der Waals surface area contributed by atoms with E-state index in [-0.39, 0.29) is 5.92 Å². The minimum atomic E-state index is -0.532. The number of hydrogen-bond donors (Lipinski definition) is 1. The van der Waals surface area contributed by atoms with Crippen LogP contribution in [0.1, 0.15) is 59.8 Å². The summed E-state index contributed by atoms with van der Waals surface area (Å²) in [6.07, 6.45) is 6.22. The Morgan fingerprint density at radius 2 is 1.80 bits per heavy atom. The highest BCUT2D eigenvalue weighted by Gasteiger charge is 2.13. The molecule has 15 heavy (non-hydrogen) atoms. The Kier molecular flexibility index (Phi) is 6.82. The van der Waals surface area contributed by atoms with Gasteiger partial charge in [0.1, 0.15) is 6.29 Å². The van der Waals surface area contributed by atoms with E-state index in [2.05, 4.69) is 6.92 Å². The van der Waals surface area contributed by atoms with Crippen LogP contribution in [-0.2, 0) is 4.79 Å². The molecule has 0 aromatic rings. The van der Waals surface area contributed by atoms with E-state index in [1.54, 1.807) is 0 Å². The number of rotatable bonds is 8. The van der Waals surface area contributed by atoms with Gasteiger partial charge in [0.05, 0.1) is 5.60 Å². The fourth-order valence-electron chi connectivity index (χ4n) is 1.64. The largest absolute Gasteiger partial charge is 0.390 e. The first-order valence-corrected chi connectivity index (χ1v) is 6.03. The summed E-state index contributed by atoms with van der Waals surface area (Å²) in [4.78, 5) is 10.4. The van der Waals surface area contributed by atoms with Gasteiger partial charge in [0, 0.05) is 5.92 Å². The summed E-state index contributed by atoms with van der Waals surface area (Å²) in [5, 5.41) is 9.54. The summed E-state index contributed by atoms with van der Waals surface area (Å²) in [6, 6.07) is 0. The molecule has 0 bridgehead atoms. The minimum Gasteiger partial charge on any atom is -0.390 e. The SMILES string of the molecule is CC(C=O)CCC(C)CCCC(C)(C)O. The topological polar surface area (TPSA) is 37.3 Å². The highest BCUT2D eigenvalue weighted by molar-refractivity contribution is 5.52. The third kappa shape index (κ3) is 9.92. The van der Waals surface area contributed by atoms with Crippen LogP contribution in [-0.4, -0.2) is 17.0 Å². The molecule has 90 valence electrons. The number of carbonyl (C=O) groups is 1. The zero-order valence-electron chi connectivity index (χ0n) is 10.6. The molecular weight excluding hydrogens is 188 g/mol. The number of carbonyl (C=O) groups excluding carboxylic acids is 1. The summed E-state index contributed by atoms with van der Waals surface area (Å²) in [5.41, 5.74) is -0.532. The average Bonchev–Trinajstić information content (AvgIpc) is 2.12. The van der Waals surface area contributed by atoms with Crippen molar-refractivity contribution in [3.8, 4) is 0 Å². The fraction of sp³-hybridized carbons (Fsp3) is 0.923. The lowest BCUT2D eigenvalue weighted by molar-refractivity contribution is -0.110. The molecule has 0 aliphatic rings. The van der Waals surface area contributed by atoms with Crippen molar-refractivity contribution in [1.82, 2.24) is 0 Å². The van der Waals surface area contributed by atoms with Crippen LogP contribution in [0, 0.1) is 11.8 Å². The third-order valence-corrected chi connectivity index (χ3v) is 2.83. The second kappa shape index (κ2) is 7.00. The molecule has 0 rings (SSSR count). The summed E-state index contributed by atoms with van der Waals surface area (Å²) in [5.74, 6) is 0.858. The van der Waals surface area contributed by atoms with Crippen LogP contribution in [0.2, 0.25) is 0 Å². The van der Waals surface area contributed by atoms with Crippen LogP contribution in [0.4, 0.5) is 0 Å². The van der Waals surface area contributed by atoms with Crippen molar-refractivity contribution in [1.29, 1.82) is 0 Å². The second-order valence-corrected chi connectivity index (χ2v) is 5.50. The molecule has 1 N–H and O–H groups in total. The van der Waals surface area contributed by atoms with Gasteiger partial charge in [-0.15, -0.1) is 0 Å². The molecule has 0 aliphatic heterocycles. The summed E-state index contributed by atoms with van der Waals surface area (Å²) < 4.78 is 0. The predicted molar refractivity (Wildman–Crippen MR) is 63.8 cm³/mol. The first-order valence-electron chi connectivity index (χ1n) is 6.03. The molecule has 0 fully saturated rings. The predicted octanol–water partition coefficient (Wildman–Crippen LogP) is 3.18. The molecule has 0 saturated heterocycles. The van der Waals surface area contributed by atoms with E-state index in [0.29, 0.717) is 5.92 Å². The molecule has 2 heteroatoms. The molecular formula is C13H26O2. The van der Waals surface area contributed by atoms with E-state index >= 15 is 0 Å². The van der Waals surface area contributed by atoms with Gasteiger partial charge in [0.15, 0.2) is 0 Å². The van der Waals surface area contributed by atoms with Gasteiger partial charge in [0.25, 0.3) is 0 Å². The summed E-state index contributed by atoms with van der Waals surface area (Å²) >= 11 is 0. The highest BCUT2D eigenvalue weighted by atomic mass is 16.3. The van der Waals surface area contributed by atoms with Crippen LogP contribution in [0.15, 0.2) is 0 Å². The van der Waals surface area contributed by atoms with E-state index < -0.39 is 5.60 Å². The molecule has 0 aliphatic carbocycles. The van der Waals surface area contributed by atoms with Gasteiger partial charge in [-0.25, -0.2) is 0 Å². The quantitative estimate of drug-likeness (QED) is 0.630. The van der Waals surface area contributed by atoms with E-state index in [1.165, 1.54) is 0 Å². The Balaban J connectivity index is 3.49. The second-order valence-electron chi connectivity index (χ2n) is 5.50. The van der Waals surface area contributed by atoms with Crippen molar-refractivity contribution in [3.05, 3.63) is 0 Å². The Labute approximate surface area is 94.1 Å². The van der Waals surface area contributed by atoms with Gasteiger partial charge in [-0.05, 0) is 32.6 Å². The van der Waals surface area contributed by atoms with Gasteiger partial charge >= 0.3 is 0 Å². The summed E-state index contributed by atoms with van der Waals surface area (Å²) in [7, 11) is 0. The normalized spacial score (nSPS) is 16.1. The summed E-state index contributed by atoms with van der Waals surface area (Å²) in [6.45, 7) is 7.90. The van der Waals surface area contributed by atoms with E-state index in [4.69, 9.17) is 0 Å². The molecule has 0 saturated carbocycles. The van der Waals surface area contributed by atoms with Crippen molar-refractivity contribution in [2.45, 2.75) is 65.4 Å². The Morgan fingerprint density at radius 1 is 1.20 bits per heavy atom. The van der Waals surface area contributed by atoms with Gasteiger partial charge in [-0.2, -0.15) is 0 Å². The molecule has 0 radical (unpaired) electrons. The zero-order chi connectivity index (χ0) is 11.9. The van der Waals surface area contributed by atoms with E-state index in [1.807, 2.05) is 20.8 Å². The van der Waals surface area contributed by atoms with E-state index in [9.17, 15) is 9.90 Å². The van der Waals surface area contributed by atoms with Gasteiger partial charge in [-0.3, -0.25) is 0 Å². The lowest BCUT2D eigenvalue weighted by atomic mass is 9.92. The van der Waals surface area contributed by atoms with Crippen molar-refractivity contribution >= 4 is 6.29 Å². The Hall–Kier alpha value is -0.370. The molecule has 0 aromatic heterocycles. The first kappa shape index (κ1) is 14.6. The monoisotopic (exact) mass is 214 g/mol. The van der Waals surface area contributed by atoms with Gasteiger partial charge < -0.3 is 9.90 Å². The lowest BCUT2D eigenvalue weighted by Crippen LogP contribution is -2.18. The lowest BCUT2D eigenvalue weighted by Gasteiger charge is -2.18. The molecule has 0 heterocycles. The zero-order valence-corrected chi connectivity index (χ0v) is 10.6. The smallest absolute Gasteiger partial charge is 0.122 e. The third-order valence-electron chi connectivity index (χ3n) is 2.83. The Morgan fingerprint density at radius 3 is 2.27 bits per heavy atom. The van der Waals surface area contributed by atoms with Gasteiger partial charge in [-0.1, -0.05) is 33.1 Å². The van der Waals surface area contributed by atoms with Crippen molar-refractivity contribution < 1.29 is 9.90 Å². The van der Waals surface area contributed by atoms with Crippen molar-refractivity contribution in [2.24, 2.45) is 11.8 Å². The van der Waals surface area contributed by atoms with Crippen LogP contribution in [0.5, 0.6) is 0 Å². The maximum atomic E-state index is 10.4. The molecule has 2 nitrogen and oxygen atoms in total. The minimum absolute atomic E-state index is 0.196. The van der Waals surface area contributed by atoms with Crippen LogP contribution in [0.3, 0.4) is 0 Å². The standard InChI is InChI=1S/C13H26O2/c1-11(7-8-12(2)10-14)6-5-9-13(3,4)15/h10-12,15H,5-9H2,1-4H3. The van der Waals surface area contributed by atoms with Crippen LogP contribution < -0.4 is 0 Å². The fourth-order valence-corrected chi connectivity index (χ4v) is 1.64. The van der Waals surface area contributed by atoms with Crippen molar-refractivity contribution in [3.63, 3.8) is 0 Å². The van der Waals surface area contributed by atoms with Crippen molar-refractivity contribution in [2.75, 3.05) is 0 Å². The first-order chi connectivity index (χ1) is 6.85. The van der Waals surface area contributed by atoms with Gasteiger partial charge in [0.2, 0.25) is 0 Å². The number of aliphatic hydroxyl groups is 1. The van der Waals surface area contributed by atoms with Crippen LogP contribution in [0.25, 0.3) is 0 Å². The molecule has 0 spiro atoms. The van der Waals surface area contributed by atoms with E-state index in [0.717, 1.165) is 38.4 Å². The average molecular weight is 214 g/mol. The molecule has 0 aromatic carbocycles. The molecule has 2 atom stereocenters. The van der Waals surface area contributed by atoms with Crippen LogP contribution >= 0.6 is 0 Å². The maximum Gasteiger partial charge on any atom is 0.122 e. The highest BCUT2D eigenvalue weighted by Crippen LogP contribution is 2.20. The number of hydrogen-bond acceptors (Lipinski definition) is 2. The molecule has 2 unspecified atom stereocenters.